The summed E-state index contributed by atoms with van der Waals surface area (Å²) in [5.41, 5.74) is 4.39. The van der Waals surface area contributed by atoms with Gasteiger partial charge in [0, 0.05) is 30.6 Å². The molecule has 1 saturated heterocycles. The second kappa shape index (κ2) is 11.1. The summed E-state index contributed by atoms with van der Waals surface area (Å²) in [4.78, 5) is 25.3. The topological polar surface area (TPSA) is 77.8 Å². The van der Waals surface area contributed by atoms with Crippen LogP contribution in [0.5, 0.6) is 0 Å². The lowest BCUT2D eigenvalue weighted by atomic mass is 9.95. The van der Waals surface area contributed by atoms with Gasteiger partial charge in [-0.2, -0.15) is 0 Å². The van der Waals surface area contributed by atoms with Crippen LogP contribution in [0.4, 0.5) is 4.39 Å². The Bertz CT molecular complexity index is 1220. The fourth-order valence-corrected chi connectivity index (χ4v) is 4.98. The Labute approximate surface area is 210 Å². The van der Waals surface area contributed by atoms with Crippen molar-refractivity contribution in [3.63, 3.8) is 0 Å². The molecule has 4 rings (SSSR count). The highest BCUT2D eigenvalue weighted by atomic mass is 19.1. The first-order chi connectivity index (χ1) is 17.3. The second-order valence-electron chi connectivity index (χ2n) is 9.38. The Kier molecular flexibility index (Phi) is 7.89. The van der Waals surface area contributed by atoms with Gasteiger partial charge in [0.05, 0.1) is 30.4 Å². The zero-order valence-corrected chi connectivity index (χ0v) is 20.9. The van der Waals surface area contributed by atoms with Gasteiger partial charge in [0.15, 0.2) is 0 Å². The number of hydrogen-bond donors (Lipinski definition) is 1. The normalized spacial score (nSPS) is 17.8. The number of halogens is 1. The molecule has 190 valence electrons. The Morgan fingerprint density at radius 1 is 1.14 bits per heavy atom. The summed E-state index contributed by atoms with van der Waals surface area (Å²) in [7, 11) is 0. The summed E-state index contributed by atoms with van der Waals surface area (Å²) < 4.78 is 27.0. The highest BCUT2D eigenvalue weighted by molar-refractivity contribution is 6.04. The summed E-state index contributed by atoms with van der Waals surface area (Å²) >= 11 is 0. The van der Waals surface area contributed by atoms with Crippen molar-refractivity contribution in [1.29, 1.82) is 0 Å². The van der Waals surface area contributed by atoms with Crippen LogP contribution in [0.3, 0.4) is 0 Å². The largest absolute Gasteiger partial charge is 0.462 e. The SMILES string of the molecule is CCOC(=O)c1c(-c2ccccc2)c(-c2ccc(F)cc2)n(CC[C@H]2C[C@H](O)CC(=O)O2)c1C(C)C. The number of esters is 2. The fourth-order valence-electron chi connectivity index (χ4n) is 4.98. The van der Waals surface area contributed by atoms with Crippen LogP contribution in [-0.2, 0) is 20.8 Å². The first-order valence-electron chi connectivity index (χ1n) is 12.4. The number of nitrogens with zero attached hydrogens (tertiary/aromatic N) is 1. The average molecular weight is 494 g/mol. The third kappa shape index (κ3) is 5.36. The summed E-state index contributed by atoms with van der Waals surface area (Å²) in [5.74, 6) is -1.22. The standard InChI is InChI=1S/C29H32FNO5/c1-4-35-29(34)26-25(19-8-6-5-7-9-19)28(20-10-12-21(30)13-11-20)31(27(26)18(2)3)15-14-23-16-22(32)17-24(33)36-23/h5-13,18,22-23,32H,4,14-17H2,1-3H3/t22-,23-/m0/s1. The molecule has 1 fully saturated rings. The Morgan fingerprint density at radius 3 is 2.44 bits per heavy atom. The number of benzene rings is 2. The van der Waals surface area contributed by atoms with Crippen molar-refractivity contribution in [1.82, 2.24) is 4.57 Å². The molecule has 0 aliphatic carbocycles. The summed E-state index contributed by atoms with van der Waals surface area (Å²) in [6.45, 7) is 6.47. The number of aliphatic hydroxyl groups excluding tert-OH is 1. The Morgan fingerprint density at radius 2 is 1.83 bits per heavy atom. The zero-order valence-electron chi connectivity index (χ0n) is 20.9. The third-order valence-corrected chi connectivity index (χ3v) is 6.42. The fraction of sp³-hybridized carbons (Fsp3) is 0.379. The maximum atomic E-state index is 13.9. The van der Waals surface area contributed by atoms with Gasteiger partial charge in [-0.1, -0.05) is 44.2 Å². The molecule has 6 nitrogen and oxygen atoms in total. The Hall–Kier alpha value is -3.45. The van der Waals surface area contributed by atoms with E-state index in [9.17, 15) is 19.1 Å². The van der Waals surface area contributed by atoms with Gasteiger partial charge in [-0.15, -0.1) is 0 Å². The van der Waals surface area contributed by atoms with Crippen molar-refractivity contribution in [3.8, 4) is 22.4 Å². The summed E-state index contributed by atoms with van der Waals surface area (Å²) in [6, 6.07) is 15.8. The molecule has 1 aliphatic heterocycles. The molecular weight excluding hydrogens is 461 g/mol. The first kappa shape index (κ1) is 25.6. The molecule has 3 aromatic rings. The van der Waals surface area contributed by atoms with Crippen LogP contribution in [0.1, 0.15) is 62.0 Å². The van der Waals surface area contributed by atoms with Crippen LogP contribution >= 0.6 is 0 Å². The second-order valence-corrected chi connectivity index (χ2v) is 9.38. The monoisotopic (exact) mass is 493 g/mol. The minimum Gasteiger partial charge on any atom is -0.462 e. The zero-order chi connectivity index (χ0) is 25.8. The molecule has 0 unspecified atom stereocenters. The van der Waals surface area contributed by atoms with Gasteiger partial charge in [-0.3, -0.25) is 4.79 Å². The van der Waals surface area contributed by atoms with Gasteiger partial charge in [-0.25, -0.2) is 9.18 Å². The number of carbonyl (C=O) groups excluding carboxylic acids is 2. The van der Waals surface area contributed by atoms with Gasteiger partial charge < -0.3 is 19.1 Å². The molecule has 36 heavy (non-hydrogen) atoms. The molecule has 7 heteroatoms. The van der Waals surface area contributed by atoms with Crippen molar-refractivity contribution in [2.24, 2.45) is 0 Å². The van der Waals surface area contributed by atoms with Crippen LogP contribution < -0.4 is 0 Å². The molecule has 2 aromatic carbocycles. The number of aromatic nitrogens is 1. The number of ether oxygens (including phenoxy) is 2. The average Bonchev–Trinajstić information content (AvgIpc) is 3.19. The van der Waals surface area contributed by atoms with E-state index in [0.717, 1.165) is 28.1 Å². The predicted molar refractivity (Wildman–Crippen MR) is 135 cm³/mol. The van der Waals surface area contributed by atoms with Crippen molar-refractivity contribution < 1.29 is 28.6 Å². The number of hydrogen-bond acceptors (Lipinski definition) is 5. The molecule has 0 radical (unpaired) electrons. The molecule has 0 bridgehead atoms. The van der Waals surface area contributed by atoms with Gasteiger partial charge in [-0.05, 0) is 48.2 Å². The molecule has 1 aromatic heterocycles. The molecule has 0 spiro atoms. The molecule has 1 aliphatic rings. The molecule has 0 amide bonds. The van der Waals surface area contributed by atoms with E-state index in [-0.39, 0.29) is 24.8 Å². The van der Waals surface area contributed by atoms with Gasteiger partial charge >= 0.3 is 11.9 Å². The van der Waals surface area contributed by atoms with Crippen LogP contribution in [0.15, 0.2) is 54.6 Å². The van der Waals surface area contributed by atoms with E-state index in [1.165, 1.54) is 12.1 Å². The maximum Gasteiger partial charge on any atom is 0.340 e. The van der Waals surface area contributed by atoms with Crippen LogP contribution in [0, 0.1) is 5.82 Å². The van der Waals surface area contributed by atoms with Crippen LogP contribution in [0.25, 0.3) is 22.4 Å². The van der Waals surface area contributed by atoms with E-state index in [1.807, 2.05) is 44.2 Å². The van der Waals surface area contributed by atoms with Gasteiger partial charge in [0.2, 0.25) is 0 Å². The number of aliphatic hydroxyl groups is 1. The molecular formula is C29H32FNO5. The molecule has 0 saturated carbocycles. The van der Waals surface area contributed by atoms with E-state index in [2.05, 4.69) is 4.57 Å². The highest BCUT2D eigenvalue weighted by Gasteiger charge is 2.32. The molecule has 1 N–H and O–H groups in total. The summed E-state index contributed by atoms with van der Waals surface area (Å²) in [5, 5.41) is 10.1. The van der Waals surface area contributed by atoms with Crippen molar-refractivity contribution in [2.45, 2.75) is 64.7 Å². The van der Waals surface area contributed by atoms with Crippen LogP contribution in [0.2, 0.25) is 0 Å². The molecule has 2 atom stereocenters. The lowest BCUT2D eigenvalue weighted by Crippen LogP contribution is -2.33. The first-order valence-corrected chi connectivity index (χ1v) is 12.4. The maximum absolute atomic E-state index is 13.9. The predicted octanol–water partition coefficient (Wildman–Crippen LogP) is 5.72. The Balaban J connectivity index is 1.94. The smallest absolute Gasteiger partial charge is 0.340 e. The van der Waals surface area contributed by atoms with E-state index < -0.39 is 24.1 Å². The van der Waals surface area contributed by atoms with Crippen molar-refractivity contribution >= 4 is 11.9 Å². The van der Waals surface area contributed by atoms with E-state index in [4.69, 9.17) is 9.47 Å². The highest BCUT2D eigenvalue weighted by Crippen LogP contribution is 2.42. The summed E-state index contributed by atoms with van der Waals surface area (Å²) in [6.07, 6.45) is -0.329. The number of cyclic esters (lactones) is 1. The van der Waals surface area contributed by atoms with E-state index >= 15 is 0 Å². The minimum atomic E-state index is -0.725. The van der Waals surface area contributed by atoms with Crippen LogP contribution in [-0.4, -0.2) is 40.4 Å². The number of rotatable bonds is 8. The van der Waals surface area contributed by atoms with Gasteiger partial charge in [0.25, 0.3) is 0 Å². The van der Waals surface area contributed by atoms with Crippen molar-refractivity contribution in [3.05, 3.63) is 71.7 Å². The van der Waals surface area contributed by atoms with E-state index in [0.29, 0.717) is 24.9 Å². The number of carbonyl (C=O) groups is 2. The quantitative estimate of drug-likeness (QED) is 0.406. The van der Waals surface area contributed by atoms with Crippen molar-refractivity contribution in [2.75, 3.05) is 6.61 Å². The van der Waals surface area contributed by atoms with E-state index in [1.54, 1.807) is 19.1 Å². The van der Waals surface area contributed by atoms with Gasteiger partial charge in [0.1, 0.15) is 11.9 Å². The third-order valence-electron chi connectivity index (χ3n) is 6.42. The lowest BCUT2D eigenvalue weighted by molar-refractivity contribution is -0.160. The minimum absolute atomic E-state index is 0.00323. The lowest BCUT2D eigenvalue weighted by Gasteiger charge is -2.27. The molecule has 2 heterocycles.